The number of methoxy groups -OCH3 is 2. The lowest BCUT2D eigenvalue weighted by molar-refractivity contribution is 0.0229. The fraction of sp³-hybridized carbons (Fsp3) is 0.714. The van der Waals surface area contributed by atoms with Gasteiger partial charge in [-0.1, -0.05) is 0 Å². The number of benzene rings is 1. The molecule has 0 spiro atoms. The fourth-order valence-electron chi connectivity index (χ4n) is 3.17. The summed E-state index contributed by atoms with van der Waals surface area (Å²) < 4.78 is 16.7. The highest BCUT2D eigenvalue weighted by atomic mass is 16.5. The molecule has 1 heterocycles. The summed E-state index contributed by atoms with van der Waals surface area (Å²) in [6.07, 6.45) is 0.743. The van der Waals surface area contributed by atoms with Gasteiger partial charge in [-0.05, 0) is 44.9 Å². The first-order valence-corrected chi connectivity index (χ1v) is 9.97. The van der Waals surface area contributed by atoms with E-state index < -0.39 is 6.10 Å². The van der Waals surface area contributed by atoms with Crippen LogP contribution < -0.4 is 14.8 Å². The molecule has 1 aromatic carbocycles. The predicted molar refractivity (Wildman–Crippen MR) is 109 cm³/mol. The number of hydrogen-bond donors (Lipinski definition) is 3. The molecule has 1 aliphatic rings. The Morgan fingerprint density at radius 2 is 1.96 bits per heavy atom. The number of aliphatic hydroxyl groups is 2. The predicted octanol–water partition coefficient (Wildman–Crippen LogP) is 1.41. The highest BCUT2D eigenvalue weighted by Crippen LogP contribution is 2.24. The Morgan fingerprint density at radius 1 is 1.25 bits per heavy atom. The minimum absolute atomic E-state index is 0.206. The number of nitrogens with one attached hydrogen (secondary N) is 1. The third-order valence-electron chi connectivity index (χ3n) is 5.14. The van der Waals surface area contributed by atoms with E-state index in [4.69, 9.17) is 14.2 Å². The van der Waals surface area contributed by atoms with Crippen molar-refractivity contribution in [1.29, 1.82) is 0 Å². The van der Waals surface area contributed by atoms with Crippen LogP contribution >= 0.6 is 0 Å². The highest BCUT2D eigenvalue weighted by Gasteiger charge is 2.20. The van der Waals surface area contributed by atoms with Gasteiger partial charge in [-0.2, -0.15) is 0 Å². The van der Waals surface area contributed by atoms with Crippen LogP contribution in [0.5, 0.6) is 11.5 Å². The molecule has 0 radical (unpaired) electrons. The lowest BCUT2D eigenvalue weighted by atomic mass is 10.1. The molecule has 1 saturated heterocycles. The van der Waals surface area contributed by atoms with E-state index in [-0.39, 0.29) is 18.3 Å². The first-order chi connectivity index (χ1) is 13.3. The molecule has 1 aromatic rings. The summed E-state index contributed by atoms with van der Waals surface area (Å²) in [5.74, 6) is 1.50. The fourth-order valence-corrected chi connectivity index (χ4v) is 3.17. The second-order valence-electron chi connectivity index (χ2n) is 8.04. The molecule has 0 aromatic heterocycles. The Hall–Kier alpha value is -1.38. The minimum Gasteiger partial charge on any atom is -0.497 e. The first-order valence-electron chi connectivity index (χ1n) is 9.97. The van der Waals surface area contributed by atoms with E-state index in [1.165, 1.54) is 0 Å². The Morgan fingerprint density at radius 3 is 2.61 bits per heavy atom. The monoisotopic (exact) mass is 396 g/mol. The molecule has 1 atom stereocenters. The number of aliphatic hydroxyl groups excluding tert-OH is 2. The molecule has 7 heteroatoms. The summed E-state index contributed by atoms with van der Waals surface area (Å²) >= 11 is 0. The molecular formula is C21H36N2O5. The van der Waals surface area contributed by atoms with Crippen molar-refractivity contribution in [3.05, 3.63) is 23.8 Å². The van der Waals surface area contributed by atoms with Crippen molar-refractivity contribution in [1.82, 2.24) is 10.2 Å². The molecule has 1 fully saturated rings. The zero-order valence-corrected chi connectivity index (χ0v) is 17.6. The van der Waals surface area contributed by atoms with Crippen LogP contribution in [0, 0.1) is 0 Å². The number of β-amino-alcohol motifs (C(OH)–C–C–N with tert-alkyl or cyclic N) is 1. The number of rotatable bonds is 11. The van der Waals surface area contributed by atoms with Crippen molar-refractivity contribution in [3.63, 3.8) is 0 Å². The van der Waals surface area contributed by atoms with Gasteiger partial charge < -0.3 is 34.6 Å². The SMILES string of the molecule is COc1ccc(OC[C@H](O)CN2CCC(O)CC2)c(CNCC(C)(C)OC)c1. The second kappa shape index (κ2) is 11.0. The summed E-state index contributed by atoms with van der Waals surface area (Å²) in [4.78, 5) is 2.17. The highest BCUT2D eigenvalue weighted by molar-refractivity contribution is 5.40. The van der Waals surface area contributed by atoms with Crippen LogP contribution in [0.1, 0.15) is 32.3 Å². The van der Waals surface area contributed by atoms with Crippen molar-refractivity contribution >= 4 is 0 Å². The van der Waals surface area contributed by atoms with Crippen LogP contribution in [0.15, 0.2) is 18.2 Å². The average Bonchev–Trinajstić information content (AvgIpc) is 2.68. The van der Waals surface area contributed by atoms with E-state index in [1.54, 1.807) is 14.2 Å². The largest absolute Gasteiger partial charge is 0.497 e. The molecule has 3 N–H and O–H groups in total. The Labute approximate surface area is 168 Å². The molecule has 160 valence electrons. The summed E-state index contributed by atoms with van der Waals surface area (Å²) in [5.41, 5.74) is 0.720. The van der Waals surface area contributed by atoms with E-state index in [9.17, 15) is 10.2 Å². The van der Waals surface area contributed by atoms with Crippen LogP contribution in [0.3, 0.4) is 0 Å². The number of nitrogens with zero attached hydrogens (tertiary/aromatic N) is 1. The van der Waals surface area contributed by atoms with Gasteiger partial charge in [0.05, 0.1) is 18.8 Å². The normalized spacial score (nSPS) is 17.5. The van der Waals surface area contributed by atoms with E-state index in [0.29, 0.717) is 19.6 Å². The second-order valence-corrected chi connectivity index (χ2v) is 8.04. The van der Waals surface area contributed by atoms with Crippen molar-refractivity contribution in [3.8, 4) is 11.5 Å². The first kappa shape index (κ1) is 22.9. The smallest absolute Gasteiger partial charge is 0.124 e. The topological polar surface area (TPSA) is 83.4 Å². The van der Waals surface area contributed by atoms with E-state index in [1.807, 2.05) is 32.0 Å². The zero-order valence-electron chi connectivity index (χ0n) is 17.6. The van der Waals surface area contributed by atoms with Gasteiger partial charge in [-0.15, -0.1) is 0 Å². The number of piperidine rings is 1. The summed E-state index contributed by atoms with van der Waals surface area (Å²) in [6, 6.07) is 5.68. The molecular weight excluding hydrogens is 360 g/mol. The van der Waals surface area contributed by atoms with Crippen molar-refractivity contribution in [2.45, 2.75) is 51.0 Å². The van der Waals surface area contributed by atoms with Gasteiger partial charge in [0, 0.05) is 45.4 Å². The van der Waals surface area contributed by atoms with Crippen LogP contribution in [-0.2, 0) is 11.3 Å². The maximum atomic E-state index is 10.3. The molecule has 7 nitrogen and oxygen atoms in total. The van der Waals surface area contributed by atoms with Crippen LogP contribution in [0.2, 0.25) is 0 Å². The summed E-state index contributed by atoms with van der Waals surface area (Å²) in [7, 11) is 3.34. The third kappa shape index (κ3) is 7.56. The standard InChI is InChI=1S/C21H36N2O5/c1-21(2,27-4)15-22-12-16-11-19(26-3)5-6-20(16)28-14-18(25)13-23-9-7-17(24)8-10-23/h5-6,11,17-18,22,24-25H,7-10,12-15H2,1-4H3/t18-/m1/s1. The molecule has 1 aliphatic heterocycles. The van der Waals surface area contributed by atoms with Gasteiger partial charge in [0.2, 0.25) is 0 Å². The lowest BCUT2D eigenvalue weighted by Crippen LogP contribution is -2.41. The Kier molecular flexibility index (Phi) is 8.98. The van der Waals surface area contributed by atoms with Gasteiger partial charge in [0.1, 0.15) is 24.2 Å². The van der Waals surface area contributed by atoms with Gasteiger partial charge in [-0.3, -0.25) is 0 Å². The van der Waals surface area contributed by atoms with E-state index in [2.05, 4.69) is 10.2 Å². The molecule has 0 saturated carbocycles. The molecule has 2 rings (SSSR count). The Bertz CT molecular complexity index is 588. The minimum atomic E-state index is -0.578. The van der Waals surface area contributed by atoms with Crippen LogP contribution in [0.4, 0.5) is 0 Å². The summed E-state index contributed by atoms with van der Waals surface area (Å²) in [6.45, 7) is 7.76. The number of likely N-dealkylation sites (tertiary alicyclic amines) is 1. The number of ether oxygens (including phenoxy) is 3. The maximum Gasteiger partial charge on any atom is 0.124 e. The number of hydrogen-bond acceptors (Lipinski definition) is 7. The molecule has 0 amide bonds. The van der Waals surface area contributed by atoms with Gasteiger partial charge >= 0.3 is 0 Å². The molecule has 0 aliphatic carbocycles. The van der Waals surface area contributed by atoms with Crippen molar-refractivity contribution in [2.75, 3.05) is 47.0 Å². The van der Waals surface area contributed by atoms with E-state index in [0.717, 1.165) is 43.0 Å². The molecule has 28 heavy (non-hydrogen) atoms. The van der Waals surface area contributed by atoms with Crippen molar-refractivity contribution in [2.24, 2.45) is 0 Å². The van der Waals surface area contributed by atoms with Crippen LogP contribution in [0.25, 0.3) is 0 Å². The van der Waals surface area contributed by atoms with Gasteiger partial charge in [-0.25, -0.2) is 0 Å². The molecule has 0 unspecified atom stereocenters. The lowest BCUT2D eigenvalue weighted by Gasteiger charge is -2.31. The Balaban J connectivity index is 1.88. The third-order valence-corrected chi connectivity index (χ3v) is 5.14. The summed E-state index contributed by atoms with van der Waals surface area (Å²) in [5, 5.41) is 23.3. The van der Waals surface area contributed by atoms with E-state index >= 15 is 0 Å². The van der Waals surface area contributed by atoms with Crippen LogP contribution in [-0.4, -0.2) is 79.9 Å². The van der Waals surface area contributed by atoms with Gasteiger partial charge in [0.15, 0.2) is 0 Å². The molecule has 0 bridgehead atoms. The maximum absolute atomic E-state index is 10.3. The quantitative estimate of drug-likeness (QED) is 0.522. The van der Waals surface area contributed by atoms with Crippen molar-refractivity contribution < 1.29 is 24.4 Å². The van der Waals surface area contributed by atoms with Gasteiger partial charge in [0.25, 0.3) is 0 Å². The zero-order chi connectivity index (χ0) is 20.6. The average molecular weight is 397 g/mol.